The summed E-state index contributed by atoms with van der Waals surface area (Å²) in [7, 11) is 1.38. The molecule has 2 unspecified atom stereocenters. The summed E-state index contributed by atoms with van der Waals surface area (Å²) in [4.78, 5) is 11.4. The topological polar surface area (TPSA) is 47.6 Å². The number of benzene rings is 1. The molecule has 0 aliphatic carbocycles. The maximum Gasteiger partial charge on any atom is 0.323 e. The Kier molecular flexibility index (Phi) is 4.78. The zero-order valence-corrected chi connectivity index (χ0v) is 13.1. The average molecular weight is 318 g/mol. The lowest BCUT2D eigenvalue weighted by atomic mass is 10.1. The summed E-state index contributed by atoms with van der Waals surface area (Å²) in [6, 6.07) is 1.50. The highest BCUT2D eigenvalue weighted by Crippen LogP contribution is 2.36. The molecule has 1 aromatic rings. The second-order valence-corrected chi connectivity index (χ2v) is 5.66. The van der Waals surface area contributed by atoms with Crippen LogP contribution in [0.15, 0.2) is 6.07 Å². The predicted octanol–water partition coefficient (Wildman–Crippen LogP) is 2.89. The van der Waals surface area contributed by atoms with Crippen molar-refractivity contribution in [2.24, 2.45) is 0 Å². The van der Waals surface area contributed by atoms with Gasteiger partial charge in [0.1, 0.15) is 17.9 Å². The van der Waals surface area contributed by atoms with Crippen molar-refractivity contribution in [2.75, 3.05) is 13.7 Å². The van der Waals surface area contributed by atoms with E-state index in [-0.39, 0.29) is 18.1 Å². The van der Waals surface area contributed by atoms with Gasteiger partial charge in [0.2, 0.25) is 0 Å². The summed E-state index contributed by atoms with van der Waals surface area (Å²) in [6.07, 6.45) is 0.445. The number of carbonyl (C=O) groups is 1. The first-order valence-corrected chi connectivity index (χ1v) is 7.12. The van der Waals surface area contributed by atoms with Gasteiger partial charge in [-0.3, -0.25) is 4.79 Å². The minimum absolute atomic E-state index is 0.114. The first kappa shape index (κ1) is 15.4. The summed E-state index contributed by atoms with van der Waals surface area (Å²) in [5.74, 6) is 0.328. The van der Waals surface area contributed by atoms with Crippen LogP contribution < -0.4 is 10.1 Å². The Hall–Kier alpha value is -0.970. The van der Waals surface area contributed by atoms with E-state index in [1.807, 2.05) is 19.9 Å². The monoisotopic (exact) mass is 317 g/mol. The molecule has 20 heavy (non-hydrogen) atoms. The van der Waals surface area contributed by atoms with Gasteiger partial charge in [-0.25, -0.2) is 0 Å². The van der Waals surface area contributed by atoms with Crippen molar-refractivity contribution in [3.63, 3.8) is 0 Å². The van der Waals surface area contributed by atoms with Crippen LogP contribution in [0, 0.1) is 13.8 Å². The number of esters is 1. The van der Waals surface area contributed by atoms with Gasteiger partial charge in [-0.05, 0) is 31.0 Å². The molecular formula is C14H17Cl2NO3. The third-order valence-electron chi connectivity index (χ3n) is 3.44. The lowest BCUT2D eigenvalue weighted by molar-refractivity contribution is -0.142. The highest BCUT2D eigenvalue weighted by molar-refractivity contribution is 6.37. The van der Waals surface area contributed by atoms with E-state index in [1.165, 1.54) is 7.11 Å². The normalized spacial score (nSPS) is 21.9. The van der Waals surface area contributed by atoms with Crippen LogP contribution >= 0.6 is 23.2 Å². The van der Waals surface area contributed by atoms with E-state index in [4.69, 9.17) is 32.7 Å². The molecule has 1 aliphatic rings. The molecule has 4 nitrogen and oxygen atoms in total. The molecule has 0 bridgehead atoms. The van der Waals surface area contributed by atoms with Gasteiger partial charge in [-0.15, -0.1) is 0 Å². The highest BCUT2D eigenvalue weighted by Gasteiger charge is 2.31. The summed E-state index contributed by atoms with van der Waals surface area (Å²) < 4.78 is 10.6. The minimum Gasteiger partial charge on any atom is -0.487 e. The number of aryl methyl sites for hydroxylation is 1. The number of carbonyl (C=O) groups excluding carboxylic acids is 1. The van der Waals surface area contributed by atoms with Gasteiger partial charge < -0.3 is 14.8 Å². The van der Waals surface area contributed by atoms with E-state index < -0.39 is 0 Å². The molecule has 1 heterocycles. The molecule has 6 heteroatoms. The van der Waals surface area contributed by atoms with Crippen molar-refractivity contribution in [2.45, 2.75) is 32.4 Å². The van der Waals surface area contributed by atoms with Crippen molar-refractivity contribution in [3.8, 4) is 5.75 Å². The molecule has 1 saturated heterocycles. The average Bonchev–Trinajstić information content (AvgIpc) is 2.90. The zero-order valence-electron chi connectivity index (χ0n) is 11.6. The predicted molar refractivity (Wildman–Crippen MR) is 78.8 cm³/mol. The number of nitrogens with one attached hydrogen (secondary N) is 1. The van der Waals surface area contributed by atoms with Crippen molar-refractivity contribution in [1.82, 2.24) is 5.32 Å². The fourth-order valence-corrected chi connectivity index (χ4v) is 2.67. The number of hydrogen-bond donors (Lipinski definition) is 1. The van der Waals surface area contributed by atoms with E-state index in [1.54, 1.807) is 0 Å². The first-order chi connectivity index (χ1) is 9.43. The number of rotatable bonds is 3. The molecule has 0 amide bonds. The fourth-order valence-electron chi connectivity index (χ4n) is 2.28. The van der Waals surface area contributed by atoms with Gasteiger partial charge in [-0.2, -0.15) is 0 Å². The van der Waals surface area contributed by atoms with E-state index in [9.17, 15) is 4.79 Å². The summed E-state index contributed by atoms with van der Waals surface area (Å²) in [6.45, 7) is 4.34. The SMILES string of the molecule is COC(=O)C1CC(Oc2cc(C)c(Cl)c(C)c2Cl)CN1. The van der Waals surface area contributed by atoms with Gasteiger partial charge in [-0.1, -0.05) is 23.2 Å². The number of ether oxygens (including phenoxy) is 2. The van der Waals surface area contributed by atoms with Crippen LogP contribution in [-0.4, -0.2) is 31.8 Å². The van der Waals surface area contributed by atoms with Crippen molar-refractivity contribution < 1.29 is 14.3 Å². The maximum absolute atomic E-state index is 11.4. The molecule has 1 aromatic carbocycles. The Bertz CT molecular complexity index is 534. The smallest absolute Gasteiger partial charge is 0.323 e. The maximum atomic E-state index is 11.4. The minimum atomic E-state index is -0.321. The second-order valence-electron chi connectivity index (χ2n) is 4.90. The van der Waals surface area contributed by atoms with Crippen molar-refractivity contribution in [1.29, 1.82) is 0 Å². The Balaban J connectivity index is 2.11. The molecule has 0 saturated carbocycles. The Morgan fingerprint density at radius 1 is 1.35 bits per heavy atom. The molecule has 1 aliphatic heterocycles. The van der Waals surface area contributed by atoms with E-state index in [2.05, 4.69) is 5.32 Å². The molecule has 2 rings (SSSR count). The van der Waals surface area contributed by atoms with Crippen LogP contribution in [0.1, 0.15) is 17.5 Å². The van der Waals surface area contributed by atoms with Crippen LogP contribution in [0.3, 0.4) is 0 Å². The third kappa shape index (κ3) is 3.03. The quantitative estimate of drug-likeness (QED) is 0.871. The molecule has 0 aromatic heterocycles. The van der Waals surface area contributed by atoms with Crippen LogP contribution in [0.5, 0.6) is 5.75 Å². The van der Waals surface area contributed by atoms with Crippen LogP contribution in [0.4, 0.5) is 0 Å². The van der Waals surface area contributed by atoms with E-state index in [0.717, 1.165) is 11.1 Å². The molecular weight excluding hydrogens is 301 g/mol. The molecule has 1 N–H and O–H groups in total. The van der Waals surface area contributed by atoms with E-state index in [0.29, 0.717) is 28.8 Å². The summed E-state index contributed by atoms with van der Waals surface area (Å²) in [5, 5.41) is 4.24. The van der Waals surface area contributed by atoms with Gasteiger partial charge in [0, 0.05) is 18.0 Å². The van der Waals surface area contributed by atoms with Gasteiger partial charge in [0.05, 0.1) is 12.1 Å². The summed E-state index contributed by atoms with van der Waals surface area (Å²) in [5.41, 5.74) is 1.72. The third-order valence-corrected chi connectivity index (χ3v) is 4.49. The van der Waals surface area contributed by atoms with Crippen molar-refractivity contribution >= 4 is 29.2 Å². The standard InChI is InChI=1S/C14H17Cl2NO3/c1-7-4-11(13(16)8(2)12(7)15)20-9-5-10(17-6-9)14(18)19-3/h4,9-10,17H,5-6H2,1-3H3. The fraction of sp³-hybridized carbons (Fsp3) is 0.500. The molecule has 1 fully saturated rings. The van der Waals surface area contributed by atoms with E-state index >= 15 is 0 Å². The number of hydrogen-bond acceptors (Lipinski definition) is 4. The molecule has 110 valence electrons. The van der Waals surface area contributed by atoms with Crippen molar-refractivity contribution in [3.05, 3.63) is 27.2 Å². The zero-order chi connectivity index (χ0) is 14.9. The highest BCUT2D eigenvalue weighted by atomic mass is 35.5. The van der Waals surface area contributed by atoms with Crippen LogP contribution in [0.2, 0.25) is 10.0 Å². The van der Waals surface area contributed by atoms with Crippen LogP contribution in [0.25, 0.3) is 0 Å². The van der Waals surface area contributed by atoms with Gasteiger partial charge in [0.25, 0.3) is 0 Å². The van der Waals surface area contributed by atoms with Crippen LogP contribution in [-0.2, 0) is 9.53 Å². The summed E-state index contributed by atoms with van der Waals surface area (Å²) >= 11 is 12.4. The number of methoxy groups -OCH3 is 1. The lowest BCUT2D eigenvalue weighted by Gasteiger charge is -2.17. The molecule has 2 atom stereocenters. The Morgan fingerprint density at radius 2 is 2.05 bits per heavy atom. The van der Waals surface area contributed by atoms with Gasteiger partial charge >= 0.3 is 5.97 Å². The largest absolute Gasteiger partial charge is 0.487 e. The first-order valence-electron chi connectivity index (χ1n) is 6.37. The Labute approximate surface area is 128 Å². The lowest BCUT2D eigenvalue weighted by Crippen LogP contribution is -2.31. The number of halogens is 2. The molecule has 0 spiro atoms. The van der Waals surface area contributed by atoms with Gasteiger partial charge in [0.15, 0.2) is 0 Å². The Morgan fingerprint density at radius 3 is 2.70 bits per heavy atom. The second kappa shape index (κ2) is 6.20. The molecule has 0 radical (unpaired) electrons.